The average Bonchev–Trinajstić information content (AvgIpc) is 2.31. The number of ketones is 1. The summed E-state index contributed by atoms with van der Waals surface area (Å²) in [7, 11) is 0. The average molecular weight is 299 g/mol. The van der Waals surface area contributed by atoms with Crippen LogP contribution < -0.4 is 0 Å². The number of rotatable bonds is 3. The Labute approximate surface area is 110 Å². The second-order valence-corrected chi connectivity index (χ2v) is 5.62. The first-order valence-electron chi connectivity index (χ1n) is 6.03. The molecule has 0 spiro atoms. The lowest BCUT2D eigenvalue weighted by Crippen LogP contribution is -2.47. The van der Waals surface area contributed by atoms with Crippen molar-refractivity contribution in [3.63, 3.8) is 0 Å². The van der Waals surface area contributed by atoms with E-state index in [1.165, 1.54) is 6.07 Å². The van der Waals surface area contributed by atoms with Crippen LogP contribution in [0.2, 0.25) is 0 Å². The Morgan fingerprint density at radius 3 is 2.59 bits per heavy atom. The molecule has 0 saturated heterocycles. The Morgan fingerprint density at radius 2 is 2.06 bits per heavy atom. The number of benzene rings is 1. The fraction of sp³-hybridized carbons (Fsp3) is 0.500. The van der Waals surface area contributed by atoms with Gasteiger partial charge in [0.25, 0.3) is 0 Å². The van der Waals surface area contributed by atoms with Crippen molar-refractivity contribution in [1.82, 2.24) is 0 Å². The monoisotopic (exact) mass is 298 g/mol. The molecule has 1 nitrogen and oxygen atoms in total. The minimum absolute atomic E-state index is 0.0440. The molecule has 92 valence electrons. The van der Waals surface area contributed by atoms with Gasteiger partial charge in [-0.2, -0.15) is 0 Å². The van der Waals surface area contributed by atoms with Gasteiger partial charge in [-0.1, -0.05) is 29.8 Å². The van der Waals surface area contributed by atoms with Crippen molar-refractivity contribution >= 4 is 21.7 Å². The second kappa shape index (κ2) is 4.52. The van der Waals surface area contributed by atoms with Crippen molar-refractivity contribution in [2.24, 2.45) is 5.41 Å². The van der Waals surface area contributed by atoms with Gasteiger partial charge >= 0.3 is 0 Å². The third kappa shape index (κ3) is 1.85. The first-order chi connectivity index (χ1) is 8.05. The highest BCUT2D eigenvalue weighted by Gasteiger charge is 2.53. The molecule has 1 saturated carbocycles. The molecular weight excluding hydrogens is 283 g/mol. The van der Waals surface area contributed by atoms with E-state index in [1.54, 1.807) is 6.07 Å². The lowest BCUT2D eigenvalue weighted by molar-refractivity contribution is -0.141. The SMILES string of the molecule is CCC1(CC)C(=O)CC1c1cc(Br)ccc1F. The summed E-state index contributed by atoms with van der Waals surface area (Å²) in [5, 5.41) is 0. The summed E-state index contributed by atoms with van der Waals surface area (Å²) < 4.78 is 14.7. The van der Waals surface area contributed by atoms with E-state index >= 15 is 0 Å². The van der Waals surface area contributed by atoms with Crippen molar-refractivity contribution in [3.05, 3.63) is 34.1 Å². The molecule has 0 aliphatic heterocycles. The van der Waals surface area contributed by atoms with E-state index in [4.69, 9.17) is 0 Å². The molecule has 0 aromatic heterocycles. The molecule has 0 N–H and O–H groups in total. The number of carbonyl (C=O) groups excluding carboxylic acids is 1. The van der Waals surface area contributed by atoms with Crippen molar-refractivity contribution < 1.29 is 9.18 Å². The molecule has 1 aliphatic carbocycles. The zero-order valence-corrected chi connectivity index (χ0v) is 11.7. The molecule has 1 unspecified atom stereocenters. The molecule has 17 heavy (non-hydrogen) atoms. The number of Topliss-reactive ketones (excluding diaryl/α,β-unsaturated/α-hetero) is 1. The van der Waals surface area contributed by atoms with Gasteiger partial charge in [0.05, 0.1) is 0 Å². The quantitative estimate of drug-likeness (QED) is 0.806. The normalized spacial score (nSPS) is 22.4. The molecule has 1 fully saturated rings. The number of carbonyl (C=O) groups is 1. The first kappa shape index (κ1) is 12.7. The predicted octanol–water partition coefficient (Wildman–Crippen LogP) is 4.45. The second-order valence-electron chi connectivity index (χ2n) is 4.71. The number of halogens is 2. The highest BCUT2D eigenvalue weighted by Crippen LogP contribution is 2.55. The summed E-state index contributed by atoms with van der Waals surface area (Å²) in [5.74, 6) is 0.131. The van der Waals surface area contributed by atoms with Crippen LogP contribution in [0.25, 0.3) is 0 Å². The standard InChI is InChI=1S/C14H16BrFO/c1-3-14(4-2)11(8-13(14)17)10-7-9(15)5-6-12(10)16/h5-7,11H,3-4,8H2,1-2H3. The summed E-state index contributed by atoms with van der Waals surface area (Å²) in [5.41, 5.74) is 0.351. The van der Waals surface area contributed by atoms with E-state index in [9.17, 15) is 9.18 Å². The van der Waals surface area contributed by atoms with E-state index in [0.29, 0.717) is 12.0 Å². The van der Waals surface area contributed by atoms with Crippen LogP contribution in [0.3, 0.4) is 0 Å². The minimum Gasteiger partial charge on any atom is -0.299 e. The summed E-state index contributed by atoms with van der Waals surface area (Å²) in [6, 6.07) is 4.98. The highest BCUT2D eigenvalue weighted by molar-refractivity contribution is 9.10. The minimum atomic E-state index is -0.332. The topological polar surface area (TPSA) is 17.1 Å². The molecule has 1 aromatic carbocycles. The summed E-state index contributed by atoms with van der Waals surface area (Å²) in [4.78, 5) is 11.9. The molecule has 1 aromatic rings. The maximum Gasteiger partial charge on any atom is 0.140 e. The van der Waals surface area contributed by atoms with Crippen molar-refractivity contribution in [2.45, 2.75) is 39.0 Å². The molecule has 0 bridgehead atoms. The van der Waals surface area contributed by atoms with Crippen LogP contribution in [0.1, 0.15) is 44.6 Å². The Kier molecular flexibility index (Phi) is 3.39. The van der Waals surface area contributed by atoms with Gasteiger partial charge in [-0.25, -0.2) is 4.39 Å². The Hall–Kier alpha value is -0.700. The summed E-state index contributed by atoms with van der Waals surface area (Å²) >= 11 is 3.36. The van der Waals surface area contributed by atoms with Crippen molar-refractivity contribution in [1.29, 1.82) is 0 Å². The van der Waals surface area contributed by atoms with E-state index in [2.05, 4.69) is 15.9 Å². The maximum absolute atomic E-state index is 13.9. The molecule has 0 radical (unpaired) electrons. The predicted molar refractivity (Wildman–Crippen MR) is 69.5 cm³/mol. The third-order valence-electron chi connectivity index (χ3n) is 4.21. The fourth-order valence-corrected chi connectivity index (χ4v) is 3.35. The number of hydrogen-bond donors (Lipinski definition) is 0. The van der Waals surface area contributed by atoms with E-state index in [0.717, 1.165) is 17.3 Å². The third-order valence-corrected chi connectivity index (χ3v) is 4.70. The van der Waals surface area contributed by atoms with Crippen LogP contribution in [0, 0.1) is 11.2 Å². The number of hydrogen-bond acceptors (Lipinski definition) is 1. The van der Waals surface area contributed by atoms with Crippen LogP contribution in [0.4, 0.5) is 4.39 Å². The molecule has 1 aliphatic rings. The van der Waals surface area contributed by atoms with Gasteiger partial charge in [0, 0.05) is 22.2 Å². The lowest BCUT2D eigenvalue weighted by atomic mass is 9.54. The molecule has 1 atom stereocenters. The van der Waals surface area contributed by atoms with Crippen LogP contribution in [0.5, 0.6) is 0 Å². The van der Waals surface area contributed by atoms with Crippen LogP contribution in [-0.2, 0) is 4.79 Å². The van der Waals surface area contributed by atoms with Crippen LogP contribution in [-0.4, -0.2) is 5.78 Å². The van der Waals surface area contributed by atoms with Gasteiger partial charge < -0.3 is 0 Å². The Morgan fingerprint density at radius 1 is 1.41 bits per heavy atom. The lowest BCUT2D eigenvalue weighted by Gasteiger charge is -2.47. The highest BCUT2D eigenvalue weighted by atomic mass is 79.9. The van der Waals surface area contributed by atoms with Gasteiger partial charge in [0.15, 0.2) is 0 Å². The van der Waals surface area contributed by atoms with Crippen molar-refractivity contribution in [3.8, 4) is 0 Å². The Bertz CT molecular complexity index is 452. The summed E-state index contributed by atoms with van der Waals surface area (Å²) in [6.07, 6.45) is 2.06. The largest absolute Gasteiger partial charge is 0.299 e. The zero-order valence-electron chi connectivity index (χ0n) is 10.1. The van der Waals surface area contributed by atoms with Gasteiger partial charge in [-0.05, 0) is 36.6 Å². The molecular formula is C14H16BrFO. The van der Waals surface area contributed by atoms with Crippen LogP contribution in [0.15, 0.2) is 22.7 Å². The van der Waals surface area contributed by atoms with Gasteiger partial charge in [-0.3, -0.25) is 4.79 Å². The summed E-state index contributed by atoms with van der Waals surface area (Å²) in [6.45, 7) is 4.03. The van der Waals surface area contributed by atoms with E-state index < -0.39 is 0 Å². The Balaban J connectivity index is 2.41. The van der Waals surface area contributed by atoms with Crippen LogP contribution >= 0.6 is 15.9 Å². The van der Waals surface area contributed by atoms with E-state index in [-0.39, 0.29) is 22.9 Å². The smallest absolute Gasteiger partial charge is 0.140 e. The fourth-order valence-electron chi connectivity index (χ4n) is 2.97. The van der Waals surface area contributed by atoms with Gasteiger partial charge in [0.2, 0.25) is 0 Å². The van der Waals surface area contributed by atoms with E-state index in [1.807, 2.05) is 19.9 Å². The zero-order chi connectivity index (χ0) is 12.6. The molecule has 0 amide bonds. The first-order valence-corrected chi connectivity index (χ1v) is 6.82. The molecule has 0 heterocycles. The van der Waals surface area contributed by atoms with Gasteiger partial charge in [0.1, 0.15) is 11.6 Å². The molecule has 3 heteroatoms. The molecule has 2 rings (SSSR count). The van der Waals surface area contributed by atoms with Crippen molar-refractivity contribution in [2.75, 3.05) is 0 Å². The maximum atomic E-state index is 13.9. The van der Waals surface area contributed by atoms with Gasteiger partial charge in [-0.15, -0.1) is 0 Å².